The Kier molecular flexibility index (Phi) is 6.50. The van der Waals surface area contributed by atoms with Gasteiger partial charge in [-0.25, -0.2) is 4.79 Å². The number of urea groups is 1. The van der Waals surface area contributed by atoms with Crippen molar-refractivity contribution >= 4 is 29.2 Å². The molecular weight excluding hydrogens is 392 g/mol. The minimum absolute atomic E-state index is 0.00108. The third-order valence-corrected chi connectivity index (χ3v) is 6.03. The van der Waals surface area contributed by atoms with Crippen LogP contribution in [0.2, 0.25) is 0 Å². The van der Waals surface area contributed by atoms with Crippen LogP contribution >= 0.6 is 0 Å². The Morgan fingerprint density at radius 3 is 2.48 bits per heavy atom. The van der Waals surface area contributed by atoms with Crippen LogP contribution in [0.5, 0.6) is 0 Å². The zero-order valence-electron chi connectivity index (χ0n) is 17.5. The summed E-state index contributed by atoms with van der Waals surface area (Å²) in [5.41, 5.74) is 2.75. The molecule has 2 aliphatic rings. The van der Waals surface area contributed by atoms with Crippen LogP contribution in [0.4, 0.5) is 16.2 Å². The number of rotatable bonds is 5. The molecule has 0 aromatic heterocycles. The molecular formula is C24H28N4O3. The summed E-state index contributed by atoms with van der Waals surface area (Å²) in [5.74, 6) is -0.0857. The lowest BCUT2D eigenvalue weighted by Gasteiger charge is -2.33. The number of para-hydroxylation sites is 2. The summed E-state index contributed by atoms with van der Waals surface area (Å²) in [5, 5.41) is 8.75. The number of nitrogens with one attached hydrogen (secondary N) is 3. The van der Waals surface area contributed by atoms with Crippen molar-refractivity contribution in [1.82, 2.24) is 10.2 Å². The van der Waals surface area contributed by atoms with E-state index < -0.39 is 0 Å². The van der Waals surface area contributed by atoms with Gasteiger partial charge >= 0.3 is 6.03 Å². The van der Waals surface area contributed by atoms with Gasteiger partial charge in [0, 0.05) is 42.8 Å². The first-order valence-corrected chi connectivity index (χ1v) is 10.9. The fourth-order valence-corrected chi connectivity index (χ4v) is 4.25. The van der Waals surface area contributed by atoms with E-state index in [1.54, 1.807) is 0 Å². The molecule has 1 fully saturated rings. The number of hydrogen-bond acceptors (Lipinski definition) is 3. The maximum Gasteiger partial charge on any atom is 0.319 e. The van der Waals surface area contributed by atoms with E-state index in [4.69, 9.17) is 0 Å². The van der Waals surface area contributed by atoms with Crippen LogP contribution in [0.3, 0.4) is 0 Å². The molecule has 162 valence electrons. The lowest BCUT2D eigenvalue weighted by molar-refractivity contribution is -0.132. The fourth-order valence-electron chi connectivity index (χ4n) is 4.25. The van der Waals surface area contributed by atoms with E-state index in [9.17, 15) is 14.4 Å². The molecule has 0 aliphatic carbocycles. The first-order valence-electron chi connectivity index (χ1n) is 10.9. The second-order valence-corrected chi connectivity index (χ2v) is 8.21. The maximum absolute atomic E-state index is 12.7. The van der Waals surface area contributed by atoms with Crippen LogP contribution in [-0.4, -0.2) is 41.9 Å². The Hall–Kier alpha value is -3.35. The average molecular weight is 421 g/mol. The van der Waals surface area contributed by atoms with E-state index in [-0.39, 0.29) is 29.8 Å². The van der Waals surface area contributed by atoms with Crippen molar-refractivity contribution in [2.45, 2.75) is 38.1 Å². The lowest BCUT2D eigenvalue weighted by atomic mass is 9.89. The van der Waals surface area contributed by atoms with Crippen LogP contribution in [0.1, 0.15) is 31.2 Å². The van der Waals surface area contributed by atoms with Gasteiger partial charge in [0.25, 0.3) is 0 Å². The van der Waals surface area contributed by atoms with Crippen molar-refractivity contribution in [1.29, 1.82) is 0 Å². The number of piperidine rings is 1. The van der Waals surface area contributed by atoms with Crippen molar-refractivity contribution < 1.29 is 14.4 Å². The minimum atomic E-state index is -0.223. The van der Waals surface area contributed by atoms with E-state index in [2.05, 4.69) is 16.0 Å². The SMILES string of the molecule is O=C(Nc1ccccc1)NC1CCN(C(=O)CCC2Cc3ccccc3NC2=O)CC1. The van der Waals surface area contributed by atoms with E-state index in [0.717, 1.165) is 29.8 Å². The molecule has 1 saturated heterocycles. The van der Waals surface area contributed by atoms with Crippen LogP contribution in [0.15, 0.2) is 54.6 Å². The number of fused-ring (bicyclic) bond motifs is 1. The predicted octanol–water partition coefficient (Wildman–Crippen LogP) is 3.39. The zero-order valence-corrected chi connectivity index (χ0v) is 17.5. The van der Waals surface area contributed by atoms with Gasteiger partial charge in [-0.1, -0.05) is 36.4 Å². The van der Waals surface area contributed by atoms with Gasteiger partial charge < -0.3 is 20.9 Å². The van der Waals surface area contributed by atoms with Crippen molar-refractivity contribution in [3.05, 3.63) is 60.2 Å². The number of likely N-dealkylation sites (tertiary alicyclic amines) is 1. The molecule has 3 N–H and O–H groups in total. The molecule has 4 rings (SSSR count). The summed E-state index contributed by atoms with van der Waals surface area (Å²) in [7, 11) is 0. The van der Waals surface area contributed by atoms with Crippen LogP contribution in [0.25, 0.3) is 0 Å². The summed E-state index contributed by atoms with van der Waals surface area (Å²) in [6.45, 7) is 1.24. The Morgan fingerprint density at radius 1 is 1.00 bits per heavy atom. The molecule has 0 spiro atoms. The molecule has 2 aromatic carbocycles. The molecule has 2 aromatic rings. The quantitative estimate of drug-likeness (QED) is 0.693. The standard InChI is InChI=1S/C24H28N4O3/c29-22(11-10-18-16-17-6-4-5-9-21(17)27-23(18)30)28-14-12-20(13-15-28)26-24(31)25-19-7-2-1-3-8-19/h1-9,18,20H,10-16H2,(H,27,30)(H2,25,26,31). The first-order chi connectivity index (χ1) is 15.1. The highest BCUT2D eigenvalue weighted by Crippen LogP contribution is 2.28. The van der Waals surface area contributed by atoms with Gasteiger partial charge in [0.1, 0.15) is 0 Å². The van der Waals surface area contributed by atoms with Crippen LogP contribution < -0.4 is 16.0 Å². The molecule has 2 heterocycles. The molecule has 2 aliphatic heterocycles. The van der Waals surface area contributed by atoms with Crippen molar-refractivity contribution in [2.75, 3.05) is 23.7 Å². The normalized spacial score (nSPS) is 18.6. The number of hydrogen-bond donors (Lipinski definition) is 3. The monoisotopic (exact) mass is 420 g/mol. The smallest absolute Gasteiger partial charge is 0.319 e. The second-order valence-electron chi connectivity index (χ2n) is 8.21. The number of carbonyl (C=O) groups excluding carboxylic acids is 3. The number of amides is 4. The summed E-state index contributed by atoms with van der Waals surface area (Å²) < 4.78 is 0. The topological polar surface area (TPSA) is 90.5 Å². The summed E-state index contributed by atoms with van der Waals surface area (Å²) >= 11 is 0. The van der Waals surface area contributed by atoms with E-state index in [1.807, 2.05) is 59.5 Å². The number of anilines is 2. The molecule has 7 heteroatoms. The third-order valence-electron chi connectivity index (χ3n) is 6.03. The highest BCUT2D eigenvalue weighted by Gasteiger charge is 2.28. The van der Waals surface area contributed by atoms with E-state index in [0.29, 0.717) is 32.4 Å². The molecule has 7 nitrogen and oxygen atoms in total. The van der Waals surface area contributed by atoms with Gasteiger partial charge in [-0.15, -0.1) is 0 Å². The highest BCUT2D eigenvalue weighted by atomic mass is 16.2. The summed E-state index contributed by atoms with van der Waals surface area (Å²) in [6, 6.07) is 17.0. The lowest BCUT2D eigenvalue weighted by Crippen LogP contribution is -2.47. The molecule has 4 amide bonds. The summed E-state index contributed by atoms with van der Waals surface area (Å²) in [6.07, 6.45) is 3.05. The number of nitrogens with zero attached hydrogens (tertiary/aromatic N) is 1. The van der Waals surface area contributed by atoms with Crippen molar-refractivity contribution in [3.8, 4) is 0 Å². The molecule has 1 unspecified atom stereocenters. The van der Waals surface area contributed by atoms with Gasteiger partial charge in [0.05, 0.1) is 0 Å². The van der Waals surface area contributed by atoms with Gasteiger partial charge in [-0.3, -0.25) is 9.59 Å². The molecule has 1 atom stereocenters. The minimum Gasteiger partial charge on any atom is -0.343 e. The fraction of sp³-hybridized carbons (Fsp3) is 0.375. The van der Waals surface area contributed by atoms with Gasteiger partial charge in [-0.2, -0.15) is 0 Å². The van der Waals surface area contributed by atoms with Crippen LogP contribution in [-0.2, 0) is 16.0 Å². The Morgan fingerprint density at radius 2 is 1.71 bits per heavy atom. The van der Waals surface area contributed by atoms with Gasteiger partial charge in [0.2, 0.25) is 11.8 Å². The largest absolute Gasteiger partial charge is 0.343 e. The molecule has 31 heavy (non-hydrogen) atoms. The maximum atomic E-state index is 12.7. The van der Waals surface area contributed by atoms with E-state index >= 15 is 0 Å². The van der Waals surface area contributed by atoms with Crippen molar-refractivity contribution in [3.63, 3.8) is 0 Å². The summed E-state index contributed by atoms with van der Waals surface area (Å²) in [4.78, 5) is 39.0. The Bertz CT molecular complexity index is 939. The Labute approximate surface area is 182 Å². The van der Waals surface area contributed by atoms with Crippen LogP contribution in [0, 0.1) is 5.92 Å². The van der Waals surface area contributed by atoms with E-state index in [1.165, 1.54) is 0 Å². The Balaban J connectivity index is 1.19. The predicted molar refractivity (Wildman–Crippen MR) is 120 cm³/mol. The number of carbonyl (C=O) groups is 3. The zero-order chi connectivity index (χ0) is 21.6. The second kappa shape index (κ2) is 9.64. The number of benzene rings is 2. The average Bonchev–Trinajstić information content (AvgIpc) is 2.78. The first kappa shape index (κ1) is 20.9. The highest BCUT2D eigenvalue weighted by molar-refractivity contribution is 5.96. The van der Waals surface area contributed by atoms with Gasteiger partial charge in [-0.05, 0) is 49.4 Å². The third kappa shape index (κ3) is 5.42. The molecule has 0 saturated carbocycles. The van der Waals surface area contributed by atoms with Crippen molar-refractivity contribution in [2.24, 2.45) is 5.92 Å². The molecule has 0 bridgehead atoms. The van der Waals surface area contributed by atoms with Gasteiger partial charge in [0.15, 0.2) is 0 Å². The molecule has 0 radical (unpaired) electrons.